The van der Waals surface area contributed by atoms with E-state index in [1.807, 2.05) is 36.4 Å². The summed E-state index contributed by atoms with van der Waals surface area (Å²) in [6.07, 6.45) is -3.25. The van der Waals surface area contributed by atoms with Crippen molar-refractivity contribution in [3.05, 3.63) is 70.9 Å². The number of Topliss-reactive ketones (excluding diaryl/α,β-unsaturated/α-hetero) is 1. The normalized spacial score (nSPS) is 20.4. The number of carbonyl (C=O) groups excluding carboxylic acids is 1. The van der Waals surface area contributed by atoms with Gasteiger partial charge in [-0.3, -0.25) is 9.36 Å². The number of hydrogen-bond donors (Lipinski definition) is 2. The highest BCUT2D eigenvalue weighted by Crippen LogP contribution is 2.41. The maximum absolute atomic E-state index is 12.7. The van der Waals surface area contributed by atoms with Crippen molar-refractivity contribution in [3.63, 3.8) is 0 Å². The lowest BCUT2D eigenvalue weighted by Crippen LogP contribution is -2.51. The van der Waals surface area contributed by atoms with Crippen LogP contribution in [-0.2, 0) is 24.8 Å². The molecule has 1 saturated heterocycles. The fraction of sp³-hybridized carbons (Fsp3) is 0.528. The number of thiocarbonyl (C=S) groups is 1. The number of nitriles is 1. The highest BCUT2D eigenvalue weighted by atomic mass is 32.1. The Morgan fingerprint density at radius 3 is 2.10 bits per heavy atom. The molecule has 0 amide bonds. The molecule has 1 unspecified atom stereocenters. The Balaban J connectivity index is 0.000000381. The number of hydrogen-bond acceptors (Lipinski definition) is 11. The number of aliphatic hydroxyl groups excluding tert-OH is 2. The summed E-state index contributed by atoms with van der Waals surface area (Å²) in [4.78, 5) is 27.9. The minimum Gasteiger partial charge on any atom is -0.455 e. The number of ether oxygens (including phenoxy) is 3. The van der Waals surface area contributed by atoms with Crippen molar-refractivity contribution < 1.29 is 33.3 Å². The van der Waals surface area contributed by atoms with Gasteiger partial charge in [0.05, 0.1) is 12.3 Å². The van der Waals surface area contributed by atoms with E-state index in [0.29, 0.717) is 5.75 Å². The zero-order valence-corrected chi connectivity index (χ0v) is 33.1. The Kier molecular flexibility index (Phi) is 15.0. The smallest absolute Gasteiger partial charge is 0.359 e. The minimum atomic E-state index is -2.24. The Labute approximate surface area is 303 Å². The summed E-state index contributed by atoms with van der Waals surface area (Å²) in [5.41, 5.74) is 0.0633. The second-order valence-electron chi connectivity index (χ2n) is 13.5. The summed E-state index contributed by atoms with van der Waals surface area (Å²) in [5, 5.41) is 31.9. The molecule has 50 heavy (non-hydrogen) atoms. The summed E-state index contributed by atoms with van der Waals surface area (Å²) < 4.78 is 24.3. The van der Waals surface area contributed by atoms with E-state index in [9.17, 15) is 25.1 Å². The molecule has 0 saturated carbocycles. The van der Waals surface area contributed by atoms with Gasteiger partial charge in [0.15, 0.2) is 6.23 Å². The van der Waals surface area contributed by atoms with Crippen LogP contribution in [0, 0.1) is 11.3 Å². The molecular formula is C36H49N3O8SSi2. The van der Waals surface area contributed by atoms with Crippen molar-refractivity contribution in [1.82, 2.24) is 9.55 Å². The summed E-state index contributed by atoms with van der Waals surface area (Å²) in [5.74, 6) is 0.145. The highest BCUT2D eigenvalue weighted by Gasteiger charge is 2.61. The maximum Gasteiger partial charge on any atom is 0.359 e. The number of carbonyl (C=O) groups is 1. The molecule has 1 fully saturated rings. The average molecular weight is 740 g/mol. The molecule has 1 aliphatic rings. The van der Waals surface area contributed by atoms with Gasteiger partial charge in [0, 0.05) is 24.8 Å². The van der Waals surface area contributed by atoms with E-state index in [1.165, 1.54) is 19.2 Å². The standard InChI is InChI=1S/C24H21N3O7S.C12H28OSi2/c1-14(29)10-17-8-9-27(22(31)26-17)21-24(13-25,20(30)19(12-28)33-21)34-23(35)32-18-7-6-15-4-2-3-5-16(15)11-18;1-9(2)14(10(3)4)13-15(11(5)6)12(7)8/h2-9,11,19-21,28,30H,10,12H2,1H3;9-12H,1-8H3/t19-,20-,21-,24?;/m1./s1. The molecule has 0 spiro atoms. The fourth-order valence-electron chi connectivity index (χ4n) is 5.84. The quantitative estimate of drug-likeness (QED) is 0.165. The molecule has 0 aliphatic carbocycles. The Morgan fingerprint density at radius 1 is 1.02 bits per heavy atom. The average Bonchev–Trinajstić information content (AvgIpc) is 3.31. The molecule has 1 aromatic heterocycles. The first-order chi connectivity index (χ1) is 23.5. The third-order valence-electron chi connectivity index (χ3n) is 8.07. The molecule has 3 aromatic rings. The Bertz CT molecular complexity index is 1680. The lowest BCUT2D eigenvalue weighted by atomic mass is 9.95. The SMILES string of the molecule is CC(=O)Cc1ccn([C@@H]2O[C@H](CO)[C@@H](O)C2(C#N)OC(=S)Oc2ccc3ccccc3c2)c(=O)n1.CC(C)[Si](O[Si](C(C)C)C(C)C)C(C)C. The number of fused-ring (bicyclic) bond motifs is 1. The van der Waals surface area contributed by atoms with Crippen molar-refractivity contribution in [3.8, 4) is 11.8 Å². The van der Waals surface area contributed by atoms with Crippen molar-refractivity contribution in [2.75, 3.05) is 6.61 Å². The molecule has 14 heteroatoms. The molecule has 270 valence electrons. The van der Waals surface area contributed by atoms with Gasteiger partial charge in [0.1, 0.15) is 29.8 Å². The van der Waals surface area contributed by atoms with E-state index in [0.717, 1.165) is 37.5 Å². The van der Waals surface area contributed by atoms with Gasteiger partial charge in [-0.25, -0.2) is 4.79 Å². The maximum atomic E-state index is 12.7. The van der Waals surface area contributed by atoms with Crippen LogP contribution in [0.2, 0.25) is 22.2 Å². The number of rotatable bonds is 12. The van der Waals surface area contributed by atoms with Gasteiger partial charge in [-0.15, -0.1) is 0 Å². The van der Waals surface area contributed by atoms with Crippen LogP contribution in [0.4, 0.5) is 0 Å². The van der Waals surface area contributed by atoms with E-state index >= 15 is 0 Å². The second kappa shape index (κ2) is 18.3. The predicted molar refractivity (Wildman–Crippen MR) is 199 cm³/mol. The number of ketones is 1. The first-order valence-electron chi connectivity index (χ1n) is 16.8. The number of aliphatic hydroxyl groups is 2. The summed E-state index contributed by atoms with van der Waals surface area (Å²) >= 11 is 5.20. The summed E-state index contributed by atoms with van der Waals surface area (Å²) in [6, 6.07) is 16.0. The molecule has 2 heterocycles. The van der Waals surface area contributed by atoms with E-state index < -0.39 is 59.7 Å². The van der Waals surface area contributed by atoms with Crippen LogP contribution in [0.15, 0.2) is 59.5 Å². The molecule has 4 atom stereocenters. The second-order valence-corrected chi connectivity index (χ2v) is 20.9. The first kappa shape index (κ1) is 41.1. The number of aromatic nitrogens is 2. The van der Waals surface area contributed by atoms with Crippen LogP contribution in [0.3, 0.4) is 0 Å². The van der Waals surface area contributed by atoms with E-state index in [4.69, 9.17) is 30.5 Å². The lowest BCUT2D eigenvalue weighted by Gasteiger charge is -2.31. The van der Waals surface area contributed by atoms with Crippen molar-refractivity contribution >= 4 is 52.1 Å². The van der Waals surface area contributed by atoms with Crippen LogP contribution in [0.25, 0.3) is 10.8 Å². The molecule has 4 rings (SSSR count). The summed E-state index contributed by atoms with van der Waals surface area (Å²) in [6.45, 7) is 19.2. The van der Waals surface area contributed by atoms with Gasteiger partial charge >= 0.3 is 10.9 Å². The van der Waals surface area contributed by atoms with Crippen LogP contribution >= 0.6 is 12.2 Å². The minimum absolute atomic E-state index is 0.0485. The molecule has 2 aromatic carbocycles. The molecule has 1 aliphatic heterocycles. The van der Waals surface area contributed by atoms with Crippen molar-refractivity contribution in [2.24, 2.45) is 0 Å². The topological polar surface area (TPSA) is 153 Å². The Hall–Kier alpha value is -3.30. The number of nitrogens with zero attached hydrogens (tertiary/aromatic N) is 3. The Morgan fingerprint density at radius 2 is 1.60 bits per heavy atom. The van der Waals surface area contributed by atoms with Gasteiger partial charge in [0.2, 0.25) is 18.1 Å². The van der Waals surface area contributed by atoms with Gasteiger partial charge in [-0.05, 0) is 58.1 Å². The zero-order valence-electron chi connectivity index (χ0n) is 30.2. The first-order valence-corrected chi connectivity index (χ1v) is 20.3. The van der Waals surface area contributed by atoms with Gasteiger partial charge < -0.3 is 28.5 Å². The highest BCUT2D eigenvalue weighted by molar-refractivity contribution is 7.79. The van der Waals surface area contributed by atoms with Crippen molar-refractivity contribution in [2.45, 2.75) is 115 Å². The largest absolute Gasteiger partial charge is 0.455 e. The molecule has 0 bridgehead atoms. The third-order valence-corrected chi connectivity index (χ3v) is 14.7. The molecule has 2 radical (unpaired) electrons. The molecule has 2 N–H and O–H groups in total. The van der Waals surface area contributed by atoms with Crippen LogP contribution in [-0.4, -0.2) is 73.3 Å². The van der Waals surface area contributed by atoms with Gasteiger partial charge in [0.25, 0.3) is 5.60 Å². The van der Waals surface area contributed by atoms with Crippen LogP contribution in [0.1, 0.15) is 74.2 Å². The number of benzene rings is 2. The molecular weight excluding hydrogens is 691 g/mol. The monoisotopic (exact) mass is 739 g/mol. The lowest BCUT2D eigenvalue weighted by molar-refractivity contribution is -0.116. The zero-order chi connectivity index (χ0) is 37.3. The van der Waals surface area contributed by atoms with Gasteiger partial charge in [-0.1, -0.05) is 85.7 Å². The van der Waals surface area contributed by atoms with E-state index in [2.05, 4.69) is 60.4 Å². The summed E-state index contributed by atoms with van der Waals surface area (Å²) in [7, 11) is -1.24. The van der Waals surface area contributed by atoms with Crippen LogP contribution in [0.5, 0.6) is 5.75 Å². The molecule has 11 nitrogen and oxygen atoms in total. The van der Waals surface area contributed by atoms with Crippen LogP contribution < -0.4 is 10.4 Å². The van der Waals surface area contributed by atoms with E-state index in [-0.39, 0.29) is 17.9 Å². The predicted octanol–water partition coefficient (Wildman–Crippen LogP) is 6.05. The third kappa shape index (κ3) is 10.2. The van der Waals surface area contributed by atoms with Crippen molar-refractivity contribution in [1.29, 1.82) is 5.26 Å². The van der Waals surface area contributed by atoms with E-state index in [1.54, 1.807) is 12.1 Å². The fourth-order valence-corrected chi connectivity index (χ4v) is 13.6. The van der Waals surface area contributed by atoms with Gasteiger partial charge in [-0.2, -0.15) is 10.2 Å².